The Balaban J connectivity index is 1.56. The quantitative estimate of drug-likeness (QED) is 0.831. The highest BCUT2D eigenvalue weighted by Gasteiger charge is 2.28. The van der Waals surface area contributed by atoms with Gasteiger partial charge in [-0.2, -0.15) is 0 Å². The van der Waals surface area contributed by atoms with Gasteiger partial charge in [0.15, 0.2) is 6.10 Å². The molecule has 2 aromatic rings. The number of para-hydroxylation sites is 2. The maximum atomic E-state index is 12.1. The Bertz CT molecular complexity index is 821. The maximum Gasteiger partial charge on any atom is 0.266 e. The minimum atomic E-state index is -3.49. The molecular formula is C17H18N2O4S. The van der Waals surface area contributed by atoms with E-state index in [0.717, 1.165) is 5.56 Å². The first-order valence-corrected chi connectivity index (χ1v) is 9.26. The number of nitrogens with one attached hydrogen (secondary N) is 2. The summed E-state index contributed by atoms with van der Waals surface area (Å²) in [5.74, 6) is 0.132. The SMILES string of the molecule is O=C1Nc2ccccc2OC1CNS(=O)(=O)CCc1ccccc1. The largest absolute Gasteiger partial charge is 0.477 e. The molecule has 7 heteroatoms. The number of sulfonamides is 1. The van der Waals surface area contributed by atoms with E-state index in [-0.39, 0.29) is 18.2 Å². The van der Waals surface area contributed by atoms with Crippen molar-refractivity contribution in [3.63, 3.8) is 0 Å². The second-order valence-corrected chi connectivity index (χ2v) is 7.42. The number of carbonyl (C=O) groups is 1. The molecule has 0 bridgehead atoms. The number of fused-ring (bicyclic) bond motifs is 1. The van der Waals surface area contributed by atoms with Crippen LogP contribution in [0.2, 0.25) is 0 Å². The van der Waals surface area contributed by atoms with E-state index < -0.39 is 16.1 Å². The average molecular weight is 346 g/mol. The van der Waals surface area contributed by atoms with Crippen LogP contribution in [0, 0.1) is 0 Å². The maximum absolute atomic E-state index is 12.1. The smallest absolute Gasteiger partial charge is 0.266 e. The van der Waals surface area contributed by atoms with Crippen molar-refractivity contribution in [2.24, 2.45) is 0 Å². The number of hydrogen-bond acceptors (Lipinski definition) is 4. The van der Waals surface area contributed by atoms with Gasteiger partial charge < -0.3 is 10.1 Å². The van der Waals surface area contributed by atoms with Crippen molar-refractivity contribution in [2.45, 2.75) is 12.5 Å². The summed E-state index contributed by atoms with van der Waals surface area (Å²) in [7, 11) is -3.49. The summed E-state index contributed by atoms with van der Waals surface area (Å²) in [4.78, 5) is 12.0. The molecule has 0 aromatic heterocycles. The number of carbonyl (C=O) groups excluding carboxylic acids is 1. The van der Waals surface area contributed by atoms with E-state index in [4.69, 9.17) is 4.74 Å². The number of ether oxygens (including phenoxy) is 1. The van der Waals surface area contributed by atoms with Crippen LogP contribution in [0.5, 0.6) is 5.75 Å². The van der Waals surface area contributed by atoms with Gasteiger partial charge in [0.1, 0.15) is 5.75 Å². The van der Waals surface area contributed by atoms with Crippen molar-refractivity contribution in [1.82, 2.24) is 4.72 Å². The summed E-state index contributed by atoms with van der Waals surface area (Å²) >= 11 is 0. The molecule has 2 N–H and O–H groups in total. The molecule has 0 saturated heterocycles. The van der Waals surface area contributed by atoms with Gasteiger partial charge in [-0.15, -0.1) is 0 Å². The molecule has 1 heterocycles. The average Bonchev–Trinajstić information content (AvgIpc) is 2.59. The van der Waals surface area contributed by atoms with Gasteiger partial charge in [0.05, 0.1) is 18.0 Å². The van der Waals surface area contributed by atoms with Crippen LogP contribution >= 0.6 is 0 Å². The minimum absolute atomic E-state index is 0.0397. The molecule has 1 unspecified atom stereocenters. The monoisotopic (exact) mass is 346 g/mol. The van der Waals surface area contributed by atoms with Gasteiger partial charge in [0.25, 0.3) is 5.91 Å². The second kappa shape index (κ2) is 7.02. The van der Waals surface area contributed by atoms with Crippen molar-refractivity contribution in [2.75, 3.05) is 17.6 Å². The third-order valence-electron chi connectivity index (χ3n) is 3.70. The molecule has 2 aromatic carbocycles. The highest BCUT2D eigenvalue weighted by Crippen LogP contribution is 2.28. The molecule has 1 aliphatic heterocycles. The molecule has 126 valence electrons. The minimum Gasteiger partial charge on any atom is -0.477 e. The van der Waals surface area contributed by atoms with Crippen molar-refractivity contribution in [1.29, 1.82) is 0 Å². The summed E-state index contributed by atoms with van der Waals surface area (Å²) in [5.41, 5.74) is 1.54. The lowest BCUT2D eigenvalue weighted by atomic mass is 10.2. The predicted octanol–water partition coefficient (Wildman–Crippen LogP) is 1.55. The molecule has 1 atom stereocenters. The number of rotatable bonds is 6. The second-order valence-electron chi connectivity index (χ2n) is 5.49. The summed E-state index contributed by atoms with van der Waals surface area (Å²) in [6, 6.07) is 16.4. The molecule has 1 aliphatic rings. The fourth-order valence-electron chi connectivity index (χ4n) is 2.40. The highest BCUT2D eigenvalue weighted by atomic mass is 32.2. The van der Waals surface area contributed by atoms with Crippen molar-refractivity contribution in [3.8, 4) is 5.75 Å². The molecule has 0 spiro atoms. The van der Waals surface area contributed by atoms with E-state index in [0.29, 0.717) is 17.9 Å². The molecule has 3 rings (SSSR count). The number of anilines is 1. The lowest BCUT2D eigenvalue weighted by Gasteiger charge is -2.25. The number of benzene rings is 2. The predicted molar refractivity (Wildman–Crippen MR) is 91.4 cm³/mol. The van der Waals surface area contributed by atoms with Crippen molar-refractivity contribution >= 4 is 21.6 Å². The number of hydrogen-bond donors (Lipinski definition) is 2. The Morgan fingerprint density at radius 1 is 1.04 bits per heavy atom. The lowest BCUT2D eigenvalue weighted by molar-refractivity contribution is -0.123. The topological polar surface area (TPSA) is 84.5 Å². The third kappa shape index (κ3) is 4.12. The van der Waals surface area contributed by atoms with Crippen LogP contribution < -0.4 is 14.8 Å². The van der Waals surface area contributed by atoms with Crippen LogP contribution in [0.1, 0.15) is 5.56 Å². The van der Waals surface area contributed by atoms with Gasteiger partial charge in [0, 0.05) is 0 Å². The Morgan fingerprint density at radius 3 is 2.54 bits per heavy atom. The first-order valence-electron chi connectivity index (χ1n) is 7.61. The van der Waals surface area contributed by atoms with E-state index in [1.54, 1.807) is 24.3 Å². The van der Waals surface area contributed by atoms with E-state index in [2.05, 4.69) is 10.0 Å². The summed E-state index contributed by atoms with van der Waals surface area (Å²) in [6.07, 6.45) is -0.470. The van der Waals surface area contributed by atoms with Gasteiger partial charge in [-0.05, 0) is 24.1 Å². The molecule has 0 aliphatic carbocycles. The molecule has 1 amide bonds. The number of aryl methyl sites for hydroxylation is 1. The number of amides is 1. The summed E-state index contributed by atoms with van der Waals surface area (Å²) in [5, 5.41) is 2.71. The van der Waals surface area contributed by atoms with Crippen LogP contribution in [0.4, 0.5) is 5.69 Å². The molecule has 24 heavy (non-hydrogen) atoms. The van der Waals surface area contributed by atoms with E-state index in [1.807, 2.05) is 30.3 Å². The first-order chi connectivity index (χ1) is 11.5. The first kappa shape index (κ1) is 16.5. The fraction of sp³-hybridized carbons (Fsp3) is 0.235. The molecule has 6 nitrogen and oxygen atoms in total. The fourth-order valence-corrected chi connectivity index (χ4v) is 3.45. The standard InChI is InChI=1S/C17H18N2O4S/c20-17-16(23-15-9-5-4-8-14(15)19-17)12-18-24(21,22)11-10-13-6-2-1-3-7-13/h1-9,16,18H,10-12H2,(H,19,20). The van der Waals surface area contributed by atoms with Gasteiger partial charge in [-0.3, -0.25) is 4.79 Å². The van der Waals surface area contributed by atoms with Crippen LogP contribution in [0.25, 0.3) is 0 Å². The molecule has 0 radical (unpaired) electrons. The van der Waals surface area contributed by atoms with Crippen molar-refractivity contribution < 1.29 is 17.9 Å². The Hall–Kier alpha value is -2.38. The lowest BCUT2D eigenvalue weighted by Crippen LogP contribution is -2.45. The summed E-state index contributed by atoms with van der Waals surface area (Å²) < 4.78 is 32.2. The highest BCUT2D eigenvalue weighted by molar-refractivity contribution is 7.89. The van der Waals surface area contributed by atoms with Crippen molar-refractivity contribution in [3.05, 3.63) is 60.2 Å². The van der Waals surface area contributed by atoms with Crippen LogP contribution in [-0.2, 0) is 21.2 Å². The Labute approximate surface area is 140 Å². The van der Waals surface area contributed by atoms with Gasteiger partial charge in [-0.25, -0.2) is 13.1 Å². The van der Waals surface area contributed by atoms with Gasteiger partial charge in [-0.1, -0.05) is 42.5 Å². The zero-order valence-electron chi connectivity index (χ0n) is 12.9. The molecule has 0 saturated carbocycles. The van der Waals surface area contributed by atoms with Crippen LogP contribution in [0.3, 0.4) is 0 Å². The van der Waals surface area contributed by atoms with Crippen LogP contribution in [-0.4, -0.2) is 32.7 Å². The summed E-state index contributed by atoms with van der Waals surface area (Å²) in [6.45, 7) is -0.0999. The van der Waals surface area contributed by atoms with E-state index in [9.17, 15) is 13.2 Å². The molecular weight excluding hydrogens is 328 g/mol. The Morgan fingerprint density at radius 2 is 1.75 bits per heavy atom. The molecule has 0 fully saturated rings. The van der Waals surface area contributed by atoms with Crippen LogP contribution in [0.15, 0.2) is 54.6 Å². The normalized spacial score (nSPS) is 16.8. The zero-order chi connectivity index (χ0) is 17.0. The van der Waals surface area contributed by atoms with E-state index in [1.165, 1.54) is 0 Å². The zero-order valence-corrected chi connectivity index (χ0v) is 13.8. The third-order valence-corrected chi connectivity index (χ3v) is 5.05. The van der Waals surface area contributed by atoms with Gasteiger partial charge >= 0.3 is 0 Å². The van der Waals surface area contributed by atoms with E-state index >= 15 is 0 Å². The Kier molecular flexibility index (Phi) is 4.82. The van der Waals surface area contributed by atoms with Gasteiger partial charge in [0.2, 0.25) is 10.0 Å².